The molecule has 4 aliphatic heterocycles. The molecule has 2 fully saturated rings. The van der Waals surface area contributed by atoms with Crippen LogP contribution in [0.5, 0.6) is 0 Å². The fourth-order valence-electron chi connectivity index (χ4n) is 6.42. The Morgan fingerprint density at radius 3 is 2.59 bits per heavy atom. The van der Waals surface area contributed by atoms with Crippen molar-refractivity contribution in [2.75, 3.05) is 38.2 Å². The van der Waals surface area contributed by atoms with E-state index >= 15 is 0 Å². The number of likely N-dealkylation sites (tertiary alicyclic amines) is 1. The predicted molar refractivity (Wildman–Crippen MR) is 140 cm³/mol. The molecule has 4 heterocycles. The van der Waals surface area contributed by atoms with Crippen molar-refractivity contribution >= 4 is 35.0 Å². The average molecular weight is 528 g/mol. The van der Waals surface area contributed by atoms with Crippen molar-refractivity contribution in [2.45, 2.75) is 50.4 Å². The zero-order valence-corrected chi connectivity index (χ0v) is 22.1. The third-order valence-corrected chi connectivity index (χ3v) is 8.43. The first-order valence-corrected chi connectivity index (χ1v) is 13.4. The highest BCUT2D eigenvalue weighted by Gasteiger charge is 2.71. The van der Waals surface area contributed by atoms with Crippen LogP contribution in [-0.2, 0) is 19.1 Å². The normalized spacial score (nSPS) is 30.9. The maximum Gasteiger partial charge on any atom is 0.253 e. The van der Waals surface area contributed by atoms with E-state index in [0.717, 1.165) is 18.4 Å². The summed E-state index contributed by atoms with van der Waals surface area (Å²) in [6, 6.07) is 4.60. The second-order valence-electron chi connectivity index (χ2n) is 10.4. The minimum absolute atomic E-state index is 0.131. The molecule has 0 radical (unpaired) electrons. The molecule has 0 aliphatic carbocycles. The monoisotopic (exact) mass is 527 g/mol. The summed E-state index contributed by atoms with van der Waals surface area (Å²) in [6.45, 7) is 3.16. The number of unbranched alkanes of at least 4 members (excludes halogenated alkanes) is 3. The molecule has 1 aromatic carbocycles. The zero-order valence-electron chi connectivity index (χ0n) is 21.3. The van der Waals surface area contributed by atoms with Crippen LogP contribution in [0.4, 0.5) is 5.69 Å². The fourth-order valence-corrected chi connectivity index (χ4v) is 6.74. The van der Waals surface area contributed by atoms with Gasteiger partial charge in [-0.05, 0) is 31.4 Å². The molecule has 198 valence electrons. The minimum atomic E-state index is -1.24. The summed E-state index contributed by atoms with van der Waals surface area (Å²) in [5, 5.41) is 9.58. The number of ether oxygens (including phenoxy) is 1. The third kappa shape index (κ3) is 4.19. The number of amides is 3. The zero-order chi connectivity index (χ0) is 26.3. The molecule has 1 N–H and O–H groups in total. The van der Waals surface area contributed by atoms with Gasteiger partial charge < -0.3 is 24.5 Å². The first kappa shape index (κ1) is 25.9. The fraction of sp³-hybridized carbons (Fsp3) is 0.536. The van der Waals surface area contributed by atoms with Gasteiger partial charge >= 0.3 is 0 Å². The van der Waals surface area contributed by atoms with Crippen LogP contribution < -0.4 is 4.90 Å². The molecule has 5 atom stereocenters. The lowest BCUT2D eigenvalue weighted by Crippen LogP contribution is -2.55. The molecule has 0 saturated carbocycles. The van der Waals surface area contributed by atoms with Gasteiger partial charge in [-0.1, -0.05) is 60.9 Å². The number of hydrogen-bond donors (Lipinski definition) is 1. The standard InChI is InChI=1S/C28H34ClN3O5/c1-18-10-7-11-19(29)23(18)31-16-9-13-28-22(21-20(37-28)12-8-14-30(2)25(21)34)26(35)32(24(28)27(31)36)15-5-3-4-6-17-33/h7-13,20-22,24,33H,3-6,14-17H2,1-2H3/t20-,21+,22-,24?,28-/m0/s1. The molecule has 1 aromatic rings. The number of nitrogens with zero attached hydrogens (tertiary/aromatic N) is 3. The number of anilines is 1. The Bertz CT molecular complexity index is 1130. The molecule has 37 heavy (non-hydrogen) atoms. The summed E-state index contributed by atoms with van der Waals surface area (Å²) < 4.78 is 6.62. The van der Waals surface area contributed by atoms with Gasteiger partial charge in [0.2, 0.25) is 11.8 Å². The van der Waals surface area contributed by atoms with Crippen LogP contribution in [0.15, 0.2) is 42.5 Å². The van der Waals surface area contributed by atoms with Crippen molar-refractivity contribution in [1.29, 1.82) is 0 Å². The summed E-state index contributed by atoms with van der Waals surface area (Å²) in [5.41, 5.74) is 0.243. The maximum atomic E-state index is 14.4. The van der Waals surface area contributed by atoms with Crippen molar-refractivity contribution in [1.82, 2.24) is 9.80 Å². The van der Waals surface area contributed by atoms with Crippen LogP contribution in [0, 0.1) is 18.8 Å². The molecule has 9 heteroatoms. The van der Waals surface area contributed by atoms with Crippen molar-refractivity contribution in [3.05, 3.63) is 53.1 Å². The number of para-hydroxylation sites is 1. The van der Waals surface area contributed by atoms with Crippen molar-refractivity contribution < 1.29 is 24.2 Å². The summed E-state index contributed by atoms with van der Waals surface area (Å²) in [5.74, 6) is -2.09. The first-order chi connectivity index (χ1) is 17.8. The first-order valence-electron chi connectivity index (χ1n) is 13.1. The van der Waals surface area contributed by atoms with Crippen LogP contribution in [0.1, 0.15) is 31.2 Å². The topological polar surface area (TPSA) is 90.4 Å². The van der Waals surface area contributed by atoms with Gasteiger partial charge in [-0.15, -0.1) is 0 Å². The quantitative estimate of drug-likeness (QED) is 0.435. The molecule has 0 bridgehead atoms. The molecule has 0 aromatic heterocycles. The second-order valence-corrected chi connectivity index (χ2v) is 10.8. The van der Waals surface area contributed by atoms with Gasteiger partial charge in [0.05, 0.1) is 28.6 Å². The van der Waals surface area contributed by atoms with Gasteiger partial charge in [0.25, 0.3) is 5.91 Å². The van der Waals surface area contributed by atoms with E-state index in [4.69, 9.17) is 21.4 Å². The number of hydrogen-bond acceptors (Lipinski definition) is 5. The highest BCUT2D eigenvalue weighted by atomic mass is 35.5. The van der Waals surface area contributed by atoms with E-state index < -0.39 is 29.6 Å². The van der Waals surface area contributed by atoms with Gasteiger partial charge in [-0.2, -0.15) is 0 Å². The number of fused-ring (bicyclic) bond motifs is 2. The molecule has 1 spiro atoms. The number of aliphatic hydroxyl groups excluding tert-OH is 1. The molecular formula is C28H34ClN3O5. The Kier molecular flexibility index (Phi) is 7.18. The van der Waals surface area contributed by atoms with E-state index in [9.17, 15) is 14.4 Å². The number of aliphatic hydroxyl groups is 1. The Labute approximate surface area is 222 Å². The lowest BCUT2D eigenvalue weighted by atomic mass is 9.77. The minimum Gasteiger partial charge on any atom is -0.396 e. The molecule has 3 amide bonds. The summed E-state index contributed by atoms with van der Waals surface area (Å²) >= 11 is 6.57. The van der Waals surface area contributed by atoms with E-state index in [1.165, 1.54) is 0 Å². The average Bonchev–Trinajstić information content (AvgIpc) is 3.19. The number of carbonyl (C=O) groups excluding carboxylic acids is 3. The van der Waals surface area contributed by atoms with Gasteiger partial charge in [-0.3, -0.25) is 14.4 Å². The van der Waals surface area contributed by atoms with Crippen LogP contribution in [0.2, 0.25) is 5.02 Å². The highest BCUT2D eigenvalue weighted by Crippen LogP contribution is 2.53. The van der Waals surface area contributed by atoms with Gasteiger partial charge in [0.1, 0.15) is 11.6 Å². The van der Waals surface area contributed by atoms with Crippen molar-refractivity contribution in [3.63, 3.8) is 0 Å². The lowest BCUT2D eigenvalue weighted by molar-refractivity contribution is -0.143. The molecular weight excluding hydrogens is 494 g/mol. The third-order valence-electron chi connectivity index (χ3n) is 8.13. The lowest BCUT2D eigenvalue weighted by Gasteiger charge is -2.36. The maximum absolute atomic E-state index is 14.4. The largest absolute Gasteiger partial charge is 0.396 e. The van der Waals surface area contributed by atoms with E-state index in [1.54, 1.807) is 27.8 Å². The van der Waals surface area contributed by atoms with Gasteiger partial charge in [0, 0.05) is 33.3 Å². The summed E-state index contributed by atoms with van der Waals surface area (Å²) in [4.78, 5) is 46.8. The van der Waals surface area contributed by atoms with E-state index in [-0.39, 0.29) is 30.9 Å². The van der Waals surface area contributed by atoms with Crippen LogP contribution in [0.3, 0.4) is 0 Å². The molecule has 1 unspecified atom stereocenters. The Hall–Kier alpha value is -2.68. The number of rotatable bonds is 7. The van der Waals surface area contributed by atoms with E-state index in [1.807, 2.05) is 43.4 Å². The summed E-state index contributed by atoms with van der Waals surface area (Å²) in [6.07, 6.45) is 9.95. The Morgan fingerprint density at radius 2 is 1.84 bits per heavy atom. The number of likely N-dealkylation sites (N-methyl/N-ethyl adjacent to an activating group) is 1. The molecule has 2 saturated heterocycles. The predicted octanol–water partition coefficient (Wildman–Crippen LogP) is 2.71. The molecule has 8 nitrogen and oxygen atoms in total. The van der Waals surface area contributed by atoms with Gasteiger partial charge in [0.15, 0.2) is 0 Å². The van der Waals surface area contributed by atoms with Crippen LogP contribution >= 0.6 is 11.6 Å². The van der Waals surface area contributed by atoms with Crippen molar-refractivity contribution in [2.24, 2.45) is 11.8 Å². The Balaban J connectivity index is 1.57. The van der Waals surface area contributed by atoms with E-state index in [0.29, 0.717) is 36.6 Å². The number of carbonyl (C=O) groups is 3. The van der Waals surface area contributed by atoms with Gasteiger partial charge in [-0.25, -0.2) is 0 Å². The number of halogens is 1. The molecule has 5 rings (SSSR count). The number of aryl methyl sites for hydroxylation is 1. The number of benzene rings is 1. The van der Waals surface area contributed by atoms with Crippen LogP contribution in [0.25, 0.3) is 0 Å². The second kappa shape index (κ2) is 10.2. The van der Waals surface area contributed by atoms with Crippen LogP contribution in [-0.4, -0.2) is 83.7 Å². The smallest absolute Gasteiger partial charge is 0.253 e. The SMILES string of the molecule is Cc1cccc(Cl)c1N1CC=C[C@]23O[C@H]4C=CCN(C)C(=O)[C@H]4[C@H]2C(=O)N(CCCCCCO)C3C1=O. The van der Waals surface area contributed by atoms with E-state index in [2.05, 4.69) is 0 Å². The summed E-state index contributed by atoms with van der Waals surface area (Å²) in [7, 11) is 1.73. The molecule has 4 aliphatic rings. The highest BCUT2D eigenvalue weighted by molar-refractivity contribution is 6.34. The Morgan fingerprint density at radius 1 is 1.05 bits per heavy atom. The van der Waals surface area contributed by atoms with Crippen molar-refractivity contribution in [3.8, 4) is 0 Å².